The number of ether oxygens (including phenoxy) is 2. The quantitative estimate of drug-likeness (QED) is 0.708. The Balaban J connectivity index is 2.07. The van der Waals surface area contributed by atoms with Crippen molar-refractivity contribution in [3.8, 4) is 5.75 Å². The van der Waals surface area contributed by atoms with Gasteiger partial charge in [-0.3, -0.25) is 9.59 Å². The molecule has 0 aliphatic rings. The van der Waals surface area contributed by atoms with E-state index >= 15 is 0 Å². The fourth-order valence-corrected chi connectivity index (χ4v) is 2.66. The first-order valence-corrected chi connectivity index (χ1v) is 8.94. The Kier molecular flexibility index (Phi) is 7.56. The van der Waals surface area contributed by atoms with Crippen LogP contribution in [0.25, 0.3) is 0 Å². The van der Waals surface area contributed by atoms with E-state index < -0.39 is 5.97 Å². The molecule has 1 N–H and O–H groups in total. The van der Waals surface area contributed by atoms with Crippen LogP contribution in [0.2, 0.25) is 0 Å². The van der Waals surface area contributed by atoms with Crippen molar-refractivity contribution in [2.75, 3.05) is 31.7 Å². The number of para-hydroxylation sites is 1. The van der Waals surface area contributed by atoms with E-state index in [0.717, 1.165) is 0 Å². The number of carbonyl (C=O) groups is 3. The van der Waals surface area contributed by atoms with Crippen molar-refractivity contribution in [2.45, 2.75) is 13.8 Å². The molecule has 7 heteroatoms. The predicted molar refractivity (Wildman–Crippen MR) is 106 cm³/mol. The second-order valence-corrected chi connectivity index (χ2v) is 5.89. The molecule has 0 atom stereocenters. The van der Waals surface area contributed by atoms with E-state index in [2.05, 4.69) is 5.32 Å². The first kappa shape index (κ1) is 21.0. The number of hydrogen-bond acceptors (Lipinski definition) is 5. The van der Waals surface area contributed by atoms with Gasteiger partial charge in [-0.1, -0.05) is 12.1 Å². The van der Waals surface area contributed by atoms with E-state index in [1.807, 2.05) is 0 Å². The predicted octanol–water partition coefficient (Wildman–Crippen LogP) is 2.65. The molecule has 0 aliphatic heterocycles. The molecule has 148 valence electrons. The summed E-state index contributed by atoms with van der Waals surface area (Å²) in [5.74, 6) is -0.332. The van der Waals surface area contributed by atoms with Crippen LogP contribution in [-0.4, -0.2) is 44.6 Å². The number of anilines is 1. The topological polar surface area (TPSA) is 84.9 Å². The van der Waals surface area contributed by atoms with Crippen molar-refractivity contribution in [3.63, 3.8) is 0 Å². The average molecular weight is 384 g/mol. The van der Waals surface area contributed by atoms with Crippen molar-refractivity contribution in [2.24, 2.45) is 0 Å². The van der Waals surface area contributed by atoms with Crippen molar-refractivity contribution < 1.29 is 23.9 Å². The molecular weight excluding hydrogens is 360 g/mol. The zero-order chi connectivity index (χ0) is 20.5. The van der Waals surface area contributed by atoms with Gasteiger partial charge in [0.1, 0.15) is 5.75 Å². The van der Waals surface area contributed by atoms with Crippen LogP contribution in [-0.2, 0) is 9.53 Å². The van der Waals surface area contributed by atoms with Gasteiger partial charge < -0.3 is 19.7 Å². The highest BCUT2D eigenvalue weighted by atomic mass is 16.5. The molecule has 0 spiro atoms. The van der Waals surface area contributed by atoms with Gasteiger partial charge in [0.15, 0.2) is 0 Å². The lowest BCUT2D eigenvalue weighted by Gasteiger charge is -2.23. The van der Waals surface area contributed by atoms with Gasteiger partial charge >= 0.3 is 5.97 Å². The van der Waals surface area contributed by atoms with E-state index in [0.29, 0.717) is 22.6 Å². The van der Waals surface area contributed by atoms with Crippen molar-refractivity contribution in [3.05, 3.63) is 59.7 Å². The summed E-state index contributed by atoms with van der Waals surface area (Å²) in [6.45, 7) is 3.81. The number of hydrogen-bond donors (Lipinski definition) is 1. The monoisotopic (exact) mass is 384 g/mol. The van der Waals surface area contributed by atoms with Crippen LogP contribution >= 0.6 is 0 Å². The molecule has 2 aromatic rings. The minimum atomic E-state index is -0.494. The normalized spacial score (nSPS) is 10.1. The fourth-order valence-electron chi connectivity index (χ4n) is 2.66. The summed E-state index contributed by atoms with van der Waals surface area (Å²) in [6, 6.07) is 13.5. The number of rotatable bonds is 8. The number of amides is 2. The maximum atomic E-state index is 12.3. The Bertz CT molecular complexity index is 833. The van der Waals surface area contributed by atoms with Crippen LogP contribution in [0.1, 0.15) is 34.6 Å². The van der Waals surface area contributed by atoms with Gasteiger partial charge in [-0.15, -0.1) is 0 Å². The molecule has 0 fully saturated rings. The summed E-state index contributed by atoms with van der Waals surface area (Å²) in [4.78, 5) is 38.0. The maximum Gasteiger partial charge on any atom is 0.340 e. The number of nitrogens with zero attached hydrogens (tertiary/aromatic N) is 1. The second-order valence-electron chi connectivity index (χ2n) is 5.89. The summed E-state index contributed by atoms with van der Waals surface area (Å²) in [5.41, 5.74) is 1.25. The van der Waals surface area contributed by atoms with Gasteiger partial charge in [0.25, 0.3) is 5.91 Å². The zero-order valence-corrected chi connectivity index (χ0v) is 16.2. The Morgan fingerprint density at radius 1 is 1.04 bits per heavy atom. The van der Waals surface area contributed by atoms with Crippen LogP contribution in [0.15, 0.2) is 48.5 Å². The van der Waals surface area contributed by atoms with Gasteiger partial charge in [-0.25, -0.2) is 4.79 Å². The highest BCUT2D eigenvalue weighted by molar-refractivity contribution is 6.02. The number of esters is 1. The third-order valence-electron chi connectivity index (χ3n) is 4.04. The minimum Gasteiger partial charge on any atom is -0.497 e. The standard InChI is InChI=1S/C21H24N2O5/c1-4-28-21(26)18-7-5-6-8-19(18)23(15(2)24)14-13-22-20(25)16-9-11-17(27-3)12-10-16/h5-12H,4,13-14H2,1-3H3,(H,22,25). The molecular formula is C21H24N2O5. The van der Waals surface area contributed by atoms with Gasteiger partial charge in [0.05, 0.1) is 25.0 Å². The molecule has 7 nitrogen and oxygen atoms in total. The molecule has 0 aliphatic carbocycles. The molecule has 2 aromatic carbocycles. The molecule has 0 aromatic heterocycles. The molecule has 0 unspecified atom stereocenters. The molecule has 28 heavy (non-hydrogen) atoms. The van der Waals surface area contributed by atoms with E-state index in [4.69, 9.17) is 9.47 Å². The number of carbonyl (C=O) groups excluding carboxylic acids is 3. The summed E-state index contributed by atoms with van der Waals surface area (Å²) in [7, 11) is 1.56. The van der Waals surface area contributed by atoms with Gasteiger partial charge in [0.2, 0.25) is 5.91 Å². The van der Waals surface area contributed by atoms with Crippen LogP contribution in [0.3, 0.4) is 0 Å². The Morgan fingerprint density at radius 2 is 1.71 bits per heavy atom. The maximum absolute atomic E-state index is 12.3. The average Bonchev–Trinajstić information content (AvgIpc) is 2.71. The van der Waals surface area contributed by atoms with Crippen LogP contribution in [0.5, 0.6) is 5.75 Å². The van der Waals surface area contributed by atoms with Crippen molar-refractivity contribution in [1.29, 1.82) is 0 Å². The van der Waals surface area contributed by atoms with Crippen LogP contribution in [0.4, 0.5) is 5.69 Å². The first-order valence-electron chi connectivity index (χ1n) is 8.94. The van der Waals surface area contributed by atoms with Crippen molar-refractivity contribution in [1.82, 2.24) is 5.32 Å². The SMILES string of the molecule is CCOC(=O)c1ccccc1N(CCNC(=O)c1ccc(OC)cc1)C(C)=O. The Hall–Kier alpha value is -3.35. The molecule has 0 saturated carbocycles. The summed E-state index contributed by atoms with van der Waals surface area (Å²) in [6.07, 6.45) is 0. The van der Waals surface area contributed by atoms with Crippen LogP contribution < -0.4 is 15.0 Å². The van der Waals surface area contributed by atoms with Crippen molar-refractivity contribution >= 4 is 23.5 Å². The van der Waals surface area contributed by atoms with Crippen LogP contribution in [0, 0.1) is 0 Å². The third-order valence-corrected chi connectivity index (χ3v) is 4.04. The Labute approximate surface area is 164 Å². The molecule has 0 saturated heterocycles. The highest BCUT2D eigenvalue weighted by Gasteiger charge is 2.20. The van der Waals surface area contributed by atoms with Gasteiger partial charge in [0, 0.05) is 25.6 Å². The summed E-state index contributed by atoms with van der Waals surface area (Å²) in [5, 5.41) is 2.78. The molecule has 0 radical (unpaired) electrons. The molecule has 0 heterocycles. The van der Waals surface area contributed by atoms with E-state index in [-0.39, 0.29) is 31.5 Å². The number of nitrogens with one attached hydrogen (secondary N) is 1. The van der Waals surface area contributed by atoms with E-state index in [1.165, 1.54) is 11.8 Å². The van der Waals surface area contributed by atoms with E-state index in [9.17, 15) is 14.4 Å². The lowest BCUT2D eigenvalue weighted by molar-refractivity contribution is -0.116. The summed E-state index contributed by atoms with van der Waals surface area (Å²) < 4.78 is 10.1. The highest BCUT2D eigenvalue weighted by Crippen LogP contribution is 2.21. The first-order chi connectivity index (χ1) is 13.5. The van der Waals surface area contributed by atoms with Gasteiger partial charge in [-0.05, 0) is 43.3 Å². The molecule has 0 bridgehead atoms. The molecule has 2 amide bonds. The second kappa shape index (κ2) is 10.1. The third kappa shape index (κ3) is 5.33. The minimum absolute atomic E-state index is 0.216. The summed E-state index contributed by atoms with van der Waals surface area (Å²) >= 11 is 0. The smallest absolute Gasteiger partial charge is 0.340 e. The fraction of sp³-hybridized carbons (Fsp3) is 0.286. The number of methoxy groups -OCH3 is 1. The van der Waals surface area contributed by atoms with Gasteiger partial charge in [-0.2, -0.15) is 0 Å². The van der Waals surface area contributed by atoms with E-state index in [1.54, 1.807) is 62.6 Å². The largest absolute Gasteiger partial charge is 0.497 e. The molecule has 2 rings (SSSR count). The Morgan fingerprint density at radius 3 is 2.32 bits per heavy atom. The lowest BCUT2D eigenvalue weighted by Crippen LogP contribution is -2.38. The zero-order valence-electron chi connectivity index (χ0n) is 16.2. The lowest BCUT2D eigenvalue weighted by atomic mass is 10.1. The number of benzene rings is 2.